The van der Waals surface area contributed by atoms with Crippen LogP contribution in [0.5, 0.6) is 28.7 Å². The number of alkyl halides is 5. The number of rotatable bonds is 4. The molecule has 2 amide bonds. The number of nitrogens with zero attached hydrogens (tertiary/aromatic N) is 1. The Morgan fingerprint density at radius 3 is 2.40 bits per heavy atom. The molecule has 2 N–H and O–H groups in total. The molecule has 0 spiro atoms. The number of halogens is 5. The Hall–Kier alpha value is -4.17. The second-order valence-corrected chi connectivity index (χ2v) is 10.9. The van der Waals surface area contributed by atoms with Crippen molar-refractivity contribution in [3.63, 3.8) is 0 Å². The fourth-order valence-electron chi connectivity index (χ4n) is 5.89. The number of carboxylic acid groups (broad SMARTS) is 1. The van der Waals surface area contributed by atoms with E-state index in [4.69, 9.17) is 9.47 Å². The number of likely N-dealkylation sites (tertiary alicyclic amines) is 1. The summed E-state index contributed by atoms with van der Waals surface area (Å²) >= 11 is 0. The lowest BCUT2D eigenvalue weighted by Crippen LogP contribution is -2.48. The van der Waals surface area contributed by atoms with Gasteiger partial charge in [-0.25, -0.2) is 4.79 Å². The average molecular weight is 600 g/mol. The van der Waals surface area contributed by atoms with Gasteiger partial charge in [0, 0.05) is 42.8 Å². The summed E-state index contributed by atoms with van der Waals surface area (Å²) in [7, 11) is 0. The molecule has 2 aromatic carbocycles. The average Bonchev–Trinajstić information content (AvgIpc) is 3.40. The number of carbonyl (C=O) groups is 2. The summed E-state index contributed by atoms with van der Waals surface area (Å²) in [4.78, 5) is 26.4. The fraction of sp³-hybridized carbons (Fsp3) is 0.481. The zero-order valence-corrected chi connectivity index (χ0v) is 22.0. The van der Waals surface area contributed by atoms with Gasteiger partial charge in [-0.05, 0) is 43.9 Å². The van der Waals surface area contributed by atoms with Crippen LogP contribution in [0, 0.1) is 5.92 Å². The van der Waals surface area contributed by atoms with Gasteiger partial charge < -0.3 is 39.0 Å². The third kappa shape index (κ3) is 5.15. The number of hydrogen-bond donors (Lipinski definition) is 2. The molecule has 42 heavy (non-hydrogen) atoms. The molecule has 1 saturated heterocycles. The first-order valence-electron chi connectivity index (χ1n) is 13.1. The van der Waals surface area contributed by atoms with E-state index in [0.29, 0.717) is 24.0 Å². The minimum atomic E-state index is -4.93. The third-order valence-corrected chi connectivity index (χ3v) is 8.10. The van der Waals surface area contributed by atoms with Gasteiger partial charge in [0.25, 0.3) is 0 Å². The molecule has 4 aliphatic rings. The zero-order valence-electron chi connectivity index (χ0n) is 22.0. The Labute approximate surface area is 235 Å². The standard InChI is InChI=1S/C27H25F5N2O8/c1-25(12-38-20-11-22-21(9-16(20)25)41-27(31,32)42-22)23(35)33-17-10-18(13-4-6-34(7-5-13)24(36)37)39-19-8-14(2-3-15(17)19)40-26(28,29)30/h2-3,8-9,11,13,17-18H,4-7,10,12H2,1H3,(H,33,35)(H,36,37)/t17-,18-,25-/m0/s1. The second kappa shape index (κ2) is 9.70. The van der Waals surface area contributed by atoms with Gasteiger partial charge in [-0.1, -0.05) is 0 Å². The summed E-state index contributed by atoms with van der Waals surface area (Å²) in [5.41, 5.74) is -0.602. The Morgan fingerprint density at radius 2 is 1.74 bits per heavy atom. The van der Waals surface area contributed by atoms with Crippen LogP contribution in [-0.4, -0.2) is 60.5 Å². The molecular weight excluding hydrogens is 575 g/mol. The van der Waals surface area contributed by atoms with Gasteiger partial charge in [0.05, 0.1) is 6.04 Å². The van der Waals surface area contributed by atoms with E-state index in [1.165, 1.54) is 23.1 Å². The molecule has 10 nitrogen and oxygen atoms in total. The molecule has 2 aromatic rings. The number of amides is 2. The molecule has 1 fully saturated rings. The summed E-state index contributed by atoms with van der Waals surface area (Å²) in [5.74, 6) is -1.34. The molecule has 0 unspecified atom stereocenters. The topological polar surface area (TPSA) is 116 Å². The van der Waals surface area contributed by atoms with E-state index >= 15 is 0 Å². The van der Waals surface area contributed by atoms with E-state index in [0.717, 1.165) is 12.1 Å². The SMILES string of the molecule is C[C@]1(C(=O)N[C@H]2C[C@@H](C3CCN(C(=O)O)CC3)Oc3cc(OC(F)(F)F)ccc32)COc2cc3c(cc21)OC(F)(F)O3. The van der Waals surface area contributed by atoms with Crippen LogP contribution in [0.2, 0.25) is 0 Å². The van der Waals surface area contributed by atoms with Gasteiger partial charge in [0.1, 0.15) is 35.4 Å². The number of benzene rings is 2. The Balaban J connectivity index is 1.27. The van der Waals surface area contributed by atoms with E-state index in [2.05, 4.69) is 19.5 Å². The number of piperidine rings is 1. The van der Waals surface area contributed by atoms with E-state index in [1.807, 2.05) is 0 Å². The van der Waals surface area contributed by atoms with Gasteiger partial charge in [0.15, 0.2) is 11.5 Å². The van der Waals surface area contributed by atoms with Gasteiger partial charge in [-0.3, -0.25) is 4.79 Å². The quantitative estimate of drug-likeness (QED) is 0.474. The molecule has 3 atom stereocenters. The van der Waals surface area contributed by atoms with E-state index in [1.54, 1.807) is 6.92 Å². The van der Waals surface area contributed by atoms with E-state index in [-0.39, 0.29) is 55.0 Å². The maximum atomic E-state index is 13.8. The molecule has 0 aromatic heterocycles. The highest BCUT2D eigenvalue weighted by Crippen LogP contribution is 2.50. The normalized spacial score (nSPS) is 26.0. The highest BCUT2D eigenvalue weighted by molar-refractivity contribution is 5.90. The second-order valence-electron chi connectivity index (χ2n) is 10.9. The molecule has 0 radical (unpaired) electrons. The molecule has 226 valence electrons. The van der Waals surface area contributed by atoms with Crippen molar-refractivity contribution in [1.29, 1.82) is 0 Å². The van der Waals surface area contributed by atoms with Crippen LogP contribution < -0.4 is 29.0 Å². The van der Waals surface area contributed by atoms with Crippen LogP contribution in [0.3, 0.4) is 0 Å². The highest BCUT2D eigenvalue weighted by Gasteiger charge is 2.50. The summed E-state index contributed by atoms with van der Waals surface area (Å²) in [6.45, 7) is 2.00. The minimum Gasteiger partial charge on any atom is -0.492 e. The third-order valence-electron chi connectivity index (χ3n) is 8.10. The van der Waals surface area contributed by atoms with Crippen molar-refractivity contribution >= 4 is 12.0 Å². The summed E-state index contributed by atoms with van der Waals surface area (Å²) in [6, 6.07) is 5.41. The molecule has 4 heterocycles. The van der Waals surface area contributed by atoms with Crippen LogP contribution in [0.15, 0.2) is 30.3 Å². The molecule has 0 bridgehead atoms. The van der Waals surface area contributed by atoms with Gasteiger partial charge in [-0.2, -0.15) is 0 Å². The Bertz CT molecular complexity index is 1430. The largest absolute Gasteiger partial charge is 0.586 e. The lowest BCUT2D eigenvalue weighted by Gasteiger charge is -2.40. The van der Waals surface area contributed by atoms with E-state index < -0.39 is 48.0 Å². The van der Waals surface area contributed by atoms with E-state index in [9.17, 15) is 36.6 Å². The smallest absolute Gasteiger partial charge is 0.492 e. The Kier molecular flexibility index (Phi) is 6.46. The molecule has 6 rings (SSSR count). The van der Waals surface area contributed by atoms with Crippen molar-refractivity contribution in [2.24, 2.45) is 5.92 Å². The fourth-order valence-corrected chi connectivity index (χ4v) is 5.89. The van der Waals surface area contributed by atoms with Crippen molar-refractivity contribution < 1.29 is 60.3 Å². The molecular formula is C27H25F5N2O8. The summed E-state index contributed by atoms with van der Waals surface area (Å²) in [5, 5.41) is 12.2. The first kappa shape index (κ1) is 28.0. The maximum Gasteiger partial charge on any atom is 0.586 e. The number of fused-ring (bicyclic) bond motifs is 3. The van der Waals surface area contributed by atoms with Crippen LogP contribution in [0.1, 0.15) is 43.4 Å². The first-order chi connectivity index (χ1) is 19.7. The molecule has 4 aliphatic heterocycles. The number of nitrogens with one attached hydrogen (secondary N) is 1. The Morgan fingerprint density at radius 1 is 1.05 bits per heavy atom. The van der Waals surface area contributed by atoms with Crippen molar-refractivity contribution in [2.75, 3.05) is 19.7 Å². The predicted molar refractivity (Wildman–Crippen MR) is 131 cm³/mol. The molecule has 15 heteroatoms. The minimum absolute atomic E-state index is 0.0952. The lowest BCUT2D eigenvalue weighted by atomic mass is 9.81. The maximum absolute atomic E-state index is 13.8. The van der Waals surface area contributed by atoms with Crippen LogP contribution in [0.4, 0.5) is 26.7 Å². The van der Waals surface area contributed by atoms with Crippen LogP contribution >= 0.6 is 0 Å². The molecule has 0 aliphatic carbocycles. The lowest BCUT2D eigenvalue weighted by molar-refractivity contribution is -0.286. The monoisotopic (exact) mass is 600 g/mol. The predicted octanol–water partition coefficient (Wildman–Crippen LogP) is 4.96. The van der Waals surface area contributed by atoms with Crippen molar-refractivity contribution in [3.05, 3.63) is 41.5 Å². The molecule has 0 saturated carbocycles. The highest BCUT2D eigenvalue weighted by atomic mass is 19.4. The number of hydrogen-bond acceptors (Lipinski definition) is 7. The van der Waals surface area contributed by atoms with Gasteiger partial charge >= 0.3 is 18.8 Å². The van der Waals surface area contributed by atoms with Crippen molar-refractivity contribution in [3.8, 4) is 28.7 Å². The number of carbonyl (C=O) groups excluding carboxylic acids is 1. The summed E-state index contributed by atoms with van der Waals surface area (Å²) in [6.07, 6.45) is -9.19. The first-order valence-corrected chi connectivity index (χ1v) is 13.1. The van der Waals surface area contributed by atoms with Crippen LogP contribution in [0.25, 0.3) is 0 Å². The van der Waals surface area contributed by atoms with Crippen molar-refractivity contribution in [1.82, 2.24) is 10.2 Å². The summed E-state index contributed by atoms with van der Waals surface area (Å²) < 4.78 is 90.8. The van der Waals surface area contributed by atoms with Gasteiger partial charge in [-0.15, -0.1) is 22.0 Å². The number of ether oxygens (including phenoxy) is 5. The van der Waals surface area contributed by atoms with Crippen molar-refractivity contribution in [2.45, 2.75) is 56.4 Å². The zero-order chi connectivity index (χ0) is 30.0. The van der Waals surface area contributed by atoms with Crippen LogP contribution in [-0.2, 0) is 10.2 Å². The van der Waals surface area contributed by atoms with Gasteiger partial charge in [0.2, 0.25) is 5.91 Å².